The van der Waals surface area contributed by atoms with E-state index in [2.05, 4.69) is 9.97 Å². The van der Waals surface area contributed by atoms with E-state index >= 15 is 0 Å². The van der Waals surface area contributed by atoms with Gasteiger partial charge in [-0.15, -0.1) is 0 Å². The number of carbonyl (C=O) groups excluding carboxylic acids is 1. The molecule has 0 atom stereocenters. The standard InChI is InChI=1S/C21H19ClN2O5S/c1-13-8-9-23-20(24-13)30-12-16-10-17(25)18(11-27-16)28-19(26)21(2,3)29-15-6-4-14(22)5-7-15/h4-11H,12H2,1-3H3. The van der Waals surface area contributed by atoms with E-state index in [0.717, 1.165) is 12.0 Å². The van der Waals surface area contributed by atoms with Gasteiger partial charge in [-0.25, -0.2) is 14.8 Å². The molecule has 0 amide bonds. The summed E-state index contributed by atoms with van der Waals surface area (Å²) >= 11 is 7.18. The van der Waals surface area contributed by atoms with Crippen LogP contribution in [-0.4, -0.2) is 21.5 Å². The Hall–Kier alpha value is -2.84. The molecule has 9 heteroatoms. The van der Waals surface area contributed by atoms with E-state index in [4.69, 9.17) is 25.5 Å². The number of hydrogen-bond acceptors (Lipinski definition) is 8. The first-order valence-electron chi connectivity index (χ1n) is 8.94. The van der Waals surface area contributed by atoms with Gasteiger partial charge in [0.1, 0.15) is 17.8 Å². The highest BCUT2D eigenvalue weighted by Crippen LogP contribution is 2.23. The monoisotopic (exact) mass is 446 g/mol. The van der Waals surface area contributed by atoms with E-state index in [1.807, 2.05) is 6.92 Å². The molecule has 3 aromatic rings. The highest BCUT2D eigenvalue weighted by molar-refractivity contribution is 7.98. The summed E-state index contributed by atoms with van der Waals surface area (Å²) in [6.45, 7) is 4.95. The third kappa shape index (κ3) is 5.84. The van der Waals surface area contributed by atoms with Crippen molar-refractivity contribution in [3.63, 3.8) is 0 Å². The number of aryl methyl sites for hydroxylation is 1. The molecule has 0 radical (unpaired) electrons. The number of rotatable bonds is 7. The maximum Gasteiger partial charge on any atom is 0.355 e. The van der Waals surface area contributed by atoms with Gasteiger partial charge in [0.05, 0.1) is 5.75 Å². The normalized spacial score (nSPS) is 11.2. The number of hydrogen-bond donors (Lipinski definition) is 0. The van der Waals surface area contributed by atoms with Crippen LogP contribution in [0.25, 0.3) is 0 Å². The fraction of sp³-hybridized carbons (Fsp3) is 0.238. The number of halogens is 1. The van der Waals surface area contributed by atoms with Crippen molar-refractivity contribution in [1.82, 2.24) is 9.97 Å². The second-order valence-electron chi connectivity index (χ2n) is 6.80. The third-order valence-electron chi connectivity index (χ3n) is 3.85. The number of thioether (sulfide) groups is 1. The van der Waals surface area contributed by atoms with Crippen molar-refractivity contribution >= 4 is 29.3 Å². The fourth-order valence-corrected chi connectivity index (χ4v) is 3.17. The van der Waals surface area contributed by atoms with E-state index in [9.17, 15) is 9.59 Å². The van der Waals surface area contributed by atoms with Gasteiger partial charge in [-0.2, -0.15) is 0 Å². The molecule has 1 aromatic carbocycles. The van der Waals surface area contributed by atoms with E-state index < -0.39 is 17.0 Å². The van der Waals surface area contributed by atoms with Crippen molar-refractivity contribution < 1.29 is 18.7 Å². The second kappa shape index (κ2) is 9.32. The van der Waals surface area contributed by atoms with E-state index in [-0.39, 0.29) is 5.75 Å². The molecule has 7 nitrogen and oxygen atoms in total. The van der Waals surface area contributed by atoms with E-state index in [1.54, 1.807) is 50.4 Å². The Morgan fingerprint density at radius 1 is 1.23 bits per heavy atom. The summed E-state index contributed by atoms with van der Waals surface area (Å²) in [4.78, 5) is 33.3. The number of esters is 1. The Bertz CT molecular complexity index is 1100. The van der Waals surface area contributed by atoms with Gasteiger partial charge in [-0.3, -0.25) is 4.79 Å². The Morgan fingerprint density at radius 2 is 1.97 bits per heavy atom. The summed E-state index contributed by atoms with van der Waals surface area (Å²) in [7, 11) is 0. The molecule has 30 heavy (non-hydrogen) atoms. The van der Waals surface area contributed by atoms with Gasteiger partial charge in [0.2, 0.25) is 16.8 Å². The lowest BCUT2D eigenvalue weighted by Crippen LogP contribution is -2.42. The zero-order chi connectivity index (χ0) is 21.7. The largest absolute Gasteiger partial charge is 0.476 e. The molecular weight excluding hydrogens is 428 g/mol. The van der Waals surface area contributed by atoms with Gasteiger partial charge in [0.25, 0.3) is 0 Å². The highest BCUT2D eigenvalue weighted by atomic mass is 35.5. The smallest absolute Gasteiger partial charge is 0.355 e. The SMILES string of the molecule is Cc1ccnc(SCc2cc(=O)c(OC(=O)C(C)(C)Oc3ccc(Cl)cc3)co2)n1. The van der Waals surface area contributed by atoms with Crippen molar-refractivity contribution in [3.05, 3.63) is 75.6 Å². The fourth-order valence-electron chi connectivity index (χ4n) is 2.28. The minimum atomic E-state index is -1.34. The molecule has 0 aliphatic carbocycles. The lowest BCUT2D eigenvalue weighted by Gasteiger charge is -2.23. The second-order valence-corrected chi connectivity index (χ2v) is 8.18. The highest BCUT2D eigenvalue weighted by Gasteiger charge is 2.33. The molecule has 0 saturated heterocycles. The molecule has 2 heterocycles. The maximum atomic E-state index is 12.5. The van der Waals surface area contributed by atoms with Crippen LogP contribution >= 0.6 is 23.4 Å². The summed E-state index contributed by atoms with van der Waals surface area (Å²) in [6, 6.07) is 9.63. The van der Waals surface area contributed by atoms with Crippen molar-refractivity contribution in [2.24, 2.45) is 0 Å². The van der Waals surface area contributed by atoms with Crippen LogP contribution < -0.4 is 14.9 Å². The van der Waals surface area contributed by atoms with Crippen molar-refractivity contribution in [1.29, 1.82) is 0 Å². The first-order chi connectivity index (χ1) is 14.2. The summed E-state index contributed by atoms with van der Waals surface area (Å²) in [5.74, 6) is 0.261. The molecule has 3 rings (SSSR count). The molecular formula is C21H19ClN2O5S. The molecule has 0 aliphatic heterocycles. The van der Waals surface area contributed by atoms with Crippen LogP contribution in [0.5, 0.6) is 11.5 Å². The molecule has 0 spiro atoms. The zero-order valence-corrected chi connectivity index (χ0v) is 18.1. The minimum absolute atomic E-state index is 0.215. The zero-order valence-electron chi connectivity index (χ0n) is 16.5. The van der Waals surface area contributed by atoms with Crippen LogP contribution in [0.2, 0.25) is 5.02 Å². The van der Waals surface area contributed by atoms with Gasteiger partial charge < -0.3 is 13.9 Å². The quantitative estimate of drug-likeness (QED) is 0.298. The number of nitrogens with zero attached hydrogens (tertiary/aromatic N) is 2. The Morgan fingerprint density at radius 3 is 2.63 bits per heavy atom. The molecule has 2 aromatic heterocycles. The van der Waals surface area contributed by atoms with Gasteiger partial charge in [-0.1, -0.05) is 23.4 Å². The van der Waals surface area contributed by atoms with Crippen LogP contribution in [0.1, 0.15) is 25.3 Å². The van der Waals surface area contributed by atoms with Gasteiger partial charge in [0.15, 0.2) is 5.16 Å². The first-order valence-corrected chi connectivity index (χ1v) is 10.3. The van der Waals surface area contributed by atoms with Crippen LogP contribution in [-0.2, 0) is 10.5 Å². The minimum Gasteiger partial charge on any atom is -0.476 e. The average molecular weight is 447 g/mol. The number of aromatic nitrogens is 2. The van der Waals surface area contributed by atoms with Crippen molar-refractivity contribution in [2.45, 2.75) is 37.3 Å². The Labute approximate surface area is 182 Å². The third-order valence-corrected chi connectivity index (χ3v) is 4.99. The number of carbonyl (C=O) groups is 1. The van der Waals surface area contributed by atoms with Gasteiger partial charge >= 0.3 is 5.97 Å². The Balaban J connectivity index is 1.63. The van der Waals surface area contributed by atoms with Gasteiger partial charge in [0, 0.05) is 23.0 Å². The summed E-state index contributed by atoms with van der Waals surface area (Å²) in [5, 5.41) is 1.13. The molecule has 0 aliphatic rings. The number of ether oxygens (including phenoxy) is 2. The molecule has 0 bridgehead atoms. The maximum absolute atomic E-state index is 12.5. The lowest BCUT2D eigenvalue weighted by atomic mass is 10.1. The molecule has 0 unspecified atom stereocenters. The van der Waals surface area contributed by atoms with E-state index in [0.29, 0.717) is 27.4 Å². The van der Waals surface area contributed by atoms with Crippen LogP contribution in [0.15, 0.2) is 63.2 Å². The summed E-state index contributed by atoms with van der Waals surface area (Å²) < 4.78 is 16.3. The van der Waals surface area contributed by atoms with Crippen LogP contribution in [0.3, 0.4) is 0 Å². The molecule has 156 valence electrons. The summed E-state index contributed by atoms with van der Waals surface area (Å²) in [5.41, 5.74) is -0.964. The van der Waals surface area contributed by atoms with Crippen LogP contribution in [0, 0.1) is 6.92 Å². The number of benzene rings is 1. The lowest BCUT2D eigenvalue weighted by molar-refractivity contribution is -0.149. The van der Waals surface area contributed by atoms with Crippen molar-refractivity contribution in [2.75, 3.05) is 0 Å². The predicted molar refractivity (Wildman–Crippen MR) is 113 cm³/mol. The van der Waals surface area contributed by atoms with Crippen LogP contribution in [0.4, 0.5) is 0 Å². The predicted octanol–water partition coefficient (Wildman–Crippen LogP) is 4.45. The molecule has 0 fully saturated rings. The summed E-state index contributed by atoms with van der Waals surface area (Å²) in [6.07, 6.45) is 2.78. The van der Waals surface area contributed by atoms with E-state index in [1.165, 1.54) is 17.8 Å². The topological polar surface area (TPSA) is 91.5 Å². The van der Waals surface area contributed by atoms with Gasteiger partial charge in [-0.05, 0) is 51.1 Å². The Kier molecular flexibility index (Phi) is 6.79. The first kappa shape index (κ1) is 21.9. The average Bonchev–Trinajstić information content (AvgIpc) is 2.70. The molecule has 0 N–H and O–H groups in total. The van der Waals surface area contributed by atoms with Crippen molar-refractivity contribution in [3.8, 4) is 11.5 Å². The molecule has 0 saturated carbocycles.